The minimum Gasteiger partial charge on any atom is -0.445 e. The van der Waals surface area contributed by atoms with E-state index >= 15 is 0 Å². The summed E-state index contributed by atoms with van der Waals surface area (Å²) in [6.45, 7) is 5.09. The molecule has 3 aromatic carbocycles. The van der Waals surface area contributed by atoms with Crippen molar-refractivity contribution in [2.45, 2.75) is 64.5 Å². The van der Waals surface area contributed by atoms with Gasteiger partial charge in [-0.15, -0.1) is 12.4 Å². The molecule has 0 spiro atoms. The Morgan fingerprint density at radius 2 is 1.60 bits per heavy atom. The number of nitrogens with two attached hydrogens (primary N) is 1. The molecular formula is C35H40ClF5N4O3. The van der Waals surface area contributed by atoms with Crippen LogP contribution in [0.5, 0.6) is 0 Å². The fraction of sp³-hybridized carbons (Fsp3) is 0.371. The molecule has 0 saturated heterocycles. The van der Waals surface area contributed by atoms with E-state index in [0.717, 1.165) is 43.2 Å². The molecule has 0 aliphatic heterocycles. The van der Waals surface area contributed by atoms with Crippen LogP contribution in [0.25, 0.3) is 11.5 Å². The van der Waals surface area contributed by atoms with Gasteiger partial charge in [-0.3, -0.25) is 9.69 Å². The number of aromatic nitrogens is 1. The third-order valence-corrected chi connectivity index (χ3v) is 7.59. The number of oxazole rings is 1. The van der Waals surface area contributed by atoms with Gasteiger partial charge in [-0.05, 0) is 72.4 Å². The van der Waals surface area contributed by atoms with Gasteiger partial charge in [0, 0.05) is 56.0 Å². The van der Waals surface area contributed by atoms with Crippen molar-refractivity contribution in [3.05, 3.63) is 113 Å². The summed E-state index contributed by atoms with van der Waals surface area (Å²) >= 11 is 0. The molecule has 2 atom stereocenters. The van der Waals surface area contributed by atoms with E-state index < -0.39 is 35.5 Å². The lowest BCUT2D eigenvalue weighted by atomic mass is 10.00. The molecule has 7 nitrogen and oxygen atoms in total. The third kappa shape index (κ3) is 10.8. The number of aliphatic hydroxyl groups excluding tert-OH is 1. The Labute approximate surface area is 283 Å². The highest BCUT2D eigenvalue weighted by Crippen LogP contribution is 2.30. The first kappa shape index (κ1) is 38.6. The summed E-state index contributed by atoms with van der Waals surface area (Å²) in [6.07, 6.45) is -1.40. The van der Waals surface area contributed by atoms with Crippen LogP contribution in [-0.2, 0) is 25.7 Å². The lowest BCUT2D eigenvalue weighted by molar-refractivity contribution is -0.137. The number of benzene rings is 3. The summed E-state index contributed by atoms with van der Waals surface area (Å²) in [6, 6.07) is 12.1. The van der Waals surface area contributed by atoms with Crippen molar-refractivity contribution in [3.63, 3.8) is 0 Å². The summed E-state index contributed by atoms with van der Waals surface area (Å²) in [5, 5.41) is 11.1. The fourth-order valence-corrected chi connectivity index (χ4v) is 5.52. The maximum Gasteiger partial charge on any atom is 0.416 e. The summed E-state index contributed by atoms with van der Waals surface area (Å²) < 4.78 is 73.7. The van der Waals surface area contributed by atoms with Gasteiger partial charge >= 0.3 is 6.18 Å². The molecule has 1 amide bonds. The number of alkyl halides is 3. The van der Waals surface area contributed by atoms with E-state index in [1.807, 2.05) is 13.8 Å². The van der Waals surface area contributed by atoms with Gasteiger partial charge in [0.25, 0.3) is 5.91 Å². The first-order valence-electron chi connectivity index (χ1n) is 15.5. The molecule has 4 aromatic rings. The smallest absolute Gasteiger partial charge is 0.416 e. The van der Waals surface area contributed by atoms with Crippen molar-refractivity contribution >= 4 is 18.3 Å². The average Bonchev–Trinajstić information content (AvgIpc) is 3.55. The lowest BCUT2D eigenvalue weighted by Crippen LogP contribution is -2.44. The zero-order chi connectivity index (χ0) is 34.1. The second kappa shape index (κ2) is 17.5. The van der Waals surface area contributed by atoms with Crippen molar-refractivity contribution in [3.8, 4) is 11.5 Å². The number of carbonyl (C=O) groups is 1. The second-order valence-corrected chi connectivity index (χ2v) is 11.6. The quantitative estimate of drug-likeness (QED) is 0.127. The highest BCUT2D eigenvalue weighted by molar-refractivity contribution is 5.95. The van der Waals surface area contributed by atoms with E-state index in [4.69, 9.17) is 10.2 Å². The Hall–Kier alpha value is -3.84. The lowest BCUT2D eigenvalue weighted by Gasteiger charge is -2.29. The summed E-state index contributed by atoms with van der Waals surface area (Å²) in [5.74, 6) is -1.45. The molecule has 48 heavy (non-hydrogen) atoms. The summed E-state index contributed by atoms with van der Waals surface area (Å²) in [5.41, 5.74) is 7.59. The van der Waals surface area contributed by atoms with E-state index in [0.29, 0.717) is 35.3 Å². The Balaban J connectivity index is 0.00000625. The number of nitrogens with zero attached hydrogens (tertiary/aromatic N) is 3. The zero-order valence-corrected chi connectivity index (χ0v) is 27.5. The maximum atomic E-state index is 13.8. The molecular weight excluding hydrogens is 655 g/mol. The minimum absolute atomic E-state index is 0. The number of amides is 1. The van der Waals surface area contributed by atoms with Crippen molar-refractivity contribution in [2.24, 2.45) is 5.73 Å². The van der Waals surface area contributed by atoms with E-state index in [2.05, 4.69) is 4.98 Å². The normalized spacial score (nSPS) is 12.9. The van der Waals surface area contributed by atoms with Crippen LogP contribution in [0.15, 0.2) is 77.5 Å². The monoisotopic (exact) mass is 694 g/mol. The SMILES string of the molecule is CCCN(CCC)C(=O)c1cc(CN(Cc2cccc(C(F)(F)F)c2)C[C@@H](O)[C@@H](N)Cc2cc(F)cc(F)c2)cc(-c2ncco2)c1.Cl. The zero-order valence-electron chi connectivity index (χ0n) is 26.7. The van der Waals surface area contributed by atoms with Crippen molar-refractivity contribution in [2.75, 3.05) is 19.6 Å². The number of aliphatic hydroxyl groups is 1. The van der Waals surface area contributed by atoms with E-state index in [-0.39, 0.29) is 55.8 Å². The van der Waals surface area contributed by atoms with Gasteiger partial charge < -0.3 is 20.2 Å². The molecule has 13 heteroatoms. The number of hydrogen-bond acceptors (Lipinski definition) is 6. The Morgan fingerprint density at radius 1 is 0.938 bits per heavy atom. The van der Waals surface area contributed by atoms with Crippen LogP contribution in [-0.4, -0.2) is 57.6 Å². The molecule has 0 unspecified atom stereocenters. The van der Waals surface area contributed by atoms with Crippen molar-refractivity contribution in [1.82, 2.24) is 14.8 Å². The number of hydrogen-bond donors (Lipinski definition) is 2. The van der Waals surface area contributed by atoms with Gasteiger partial charge in [-0.25, -0.2) is 13.8 Å². The Kier molecular flexibility index (Phi) is 14.1. The summed E-state index contributed by atoms with van der Waals surface area (Å²) in [4.78, 5) is 21.3. The number of halogens is 6. The van der Waals surface area contributed by atoms with E-state index in [1.165, 1.54) is 18.5 Å². The molecule has 3 N–H and O–H groups in total. The molecule has 0 radical (unpaired) electrons. The molecule has 0 aliphatic carbocycles. The van der Waals surface area contributed by atoms with Crippen molar-refractivity contribution < 1.29 is 36.3 Å². The van der Waals surface area contributed by atoms with Crippen molar-refractivity contribution in [1.29, 1.82) is 0 Å². The van der Waals surface area contributed by atoms with Crippen LogP contribution in [0.4, 0.5) is 22.0 Å². The second-order valence-electron chi connectivity index (χ2n) is 11.6. The van der Waals surface area contributed by atoms with E-state index in [1.54, 1.807) is 34.1 Å². The minimum atomic E-state index is -4.55. The average molecular weight is 695 g/mol. The molecule has 0 saturated carbocycles. The third-order valence-electron chi connectivity index (χ3n) is 7.59. The molecule has 1 heterocycles. The molecule has 0 aliphatic rings. The molecule has 0 bridgehead atoms. The number of rotatable bonds is 15. The Bertz CT molecular complexity index is 1590. The molecule has 260 valence electrons. The van der Waals surface area contributed by atoms with Crippen LogP contribution < -0.4 is 5.73 Å². The van der Waals surface area contributed by atoms with Gasteiger partial charge in [0.05, 0.1) is 17.9 Å². The molecule has 4 rings (SSSR count). The maximum absolute atomic E-state index is 13.8. The van der Waals surface area contributed by atoms with Crippen LogP contribution >= 0.6 is 12.4 Å². The van der Waals surface area contributed by atoms with Crippen LogP contribution in [0.3, 0.4) is 0 Å². The van der Waals surface area contributed by atoms with Crippen LogP contribution in [0.2, 0.25) is 0 Å². The predicted molar refractivity (Wildman–Crippen MR) is 175 cm³/mol. The first-order valence-corrected chi connectivity index (χ1v) is 15.5. The molecule has 0 fully saturated rings. The predicted octanol–water partition coefficient (Wildman–Crippen LogP) is 7.26. The Morgan fingerprint density at radius 3 is 2.21 bits per heavy atom. The summed E-state index contributed by atoms with van der Waals surface area (Å²) in [7, 11) is 0. The van der Waals surface area contributed by atoms with Gasteiger partial charge in [-0.1, -0.05) is 32.0 Å². The van der Waals surface area contributed by atoms with Gasteiger partial charge in [0.15, 0.2) is 0 Å². The largest absolute Gasteiger partial charge is 0.445 e. The topological polar surface area (TPSA) is 95.8 Å². The van der Waals surface area contributed by atoms with Gasteiger partial charge in [0.1, 0.15) is 17.9 Å². The highest BCUT2D eigenvalue weighted by atomic mass is 35.5. The van der Waals surface area contributed by atoms with Gasteiger partial charge in [0.2, 0.25) is 5.89 Å². The van der Waals surface area contributed by atoms with Gasteiger partial charge in [-0.2, -0.15) is 13.2 Å². The first-order chi connectivity index (χ1) is 22.4. The highest BCUT2D eigenvalue weighted by Gasteiger charge is 2.31. The standard InChI is InChI=1S/C35H39F5N4O3.ClH/c1-3-9-44(10-4-2)34(46)27-13-25(12-26(18-27)33-42-8-11-47-33)21-43(20-23-6-5-7-28(14-23)35(38,39)40)22-32(45)31(41)17-24-15-29(36)19-30(37)16-24;/h5-8,11-16,18-19,31-32,45H,3-4,9-10,17,20-22,41H2,1-2H3;1H/t31-,32+;/m0./s1. The number of carbonyl (C=O) groups excluding carboxylic acids is 1. The van der Waals surface area contributed by atoms with Crippen LogP contribution in [0, 0.1) is 11.6 Å². The fourth-order valence-electron chi connectivity index (χ4n) is 5.52. The van der Waals surface area contributed by atoms with E-state index in [9.17, 15) is 31.9 Å². The molecule has 1 aromatic heterocycles. The van der Waals surface area contributed by atoms with Crippen LogP contribution in [0.1, 0.15) is 59.3 Å².